The maximum Gasteiger partial charge on any atom is 0.340 e. The smallest absolute Gasteiger partial charge is 0.340 e. The quantitative estimate of drug-likeness (QED) is 0.942. The number of benzene rings is 1. The van der Waals surface area contributed by atoms with Crippen LogP contribution in [0.15, 0.2) is 24.3 Å². The zero-order chi connectivity index (χ0) is 15.6. The van der Waals surface area contributed by atoms with Gasteiger partial charge in [-0.2, -0.15) is 4.37 Å². The van der Waals surface area contributed by atoms with Gasteiger partial charge in [0.25, 0.3) is 0 Å². The second kappa shape index (κ2) is 6.05. The summed E-state index contributed by atoms with van der Waals surface area (Å²) < 4.78 is 4.03. The van der Waals surface area contributed by atoms with E-state index < -0.39 is 5.97 Å². The fourth-order valence-electron chi connectivity index (χ4n) is 2.06. The van der Waals surface area contributed by atoms with Crippen molar-refractivity contribution >= 4 is 28.4 Å². The van der Waals surface area contributed by atoms with Crippen molar-refractivity contribution in [3.63, 3.8) is 0 Å². The van der Waals surface area contributed by atoms with E-state index >= 15 is 0 Å². The van der Waals surface area contributed by atoms with Crippen LogP contribution in [0.1, 0.15) is 27.2 Å². The van der Waals surface area contributed by atoms with Gasteiger partial charge in [-0.3, -0.25) is 4.79 Å². The van der Waals surface area contributed by atoms with Crippen LogP contribution in [0.4, 0.5) is 5.00 Å². The monoisotopic (exact) mass is 304 g/mol. The number of likely N-dealkylation sites (N-methyl/N-ethyl adjacent to an activating group) is 1. The Balaban J connectivity index is 2.22. The van der Waals surface area contributed by atoms with E-state index in [2.05, 4.69) is 4.37 Å². The number of anilines is 1. The van der Waals surface area contributed by atoms with E-state index in [0.29, 0.717) is 10.7 Å². The lowest BCUT2D eigenvalue weighted by Gasteiger charge is -2.16. The third kappa shape index (κ3) is 3.28. The van der Waals surface area contributed by atoms with Crippen LogP contribution < -0.4 is 4.90 Å². The van der Waals surface area contributed by atoms with Gasteiger partial charge in [0.1, 0.15) is 10.6 Å². The summed E-state index contributed by atoms with van der Waals surface area (Å²) in [5, 5.41) is 9.59. The highest BCUT2D eigenvalue weighted by atomic mass is 32.1. The molecule has 1 N–H and O–H groups in total. The van der Waals surface area contributed by atoms with Gasteiger partial charge in [-0.25, -0.2) is 4.79 Å². The molecule has 2 aromatic rings. The van der Waals surface area contributed by atoms with Crippen molar-refractivity contribution in [3.05, 3.63) is 46.6 Å². The number of aromatic carboxylic acids is 1. The summed E-state index contributed by atoms with van der Waals surface area (Å²) in [5.41, 5.74) is 2.52. The Bertz CT molecular complexity index is 694. The molecule has 0 bridgehead atoms. The average Bonchev–Trinajstić information content (AvgIpc) is 2.79. The molecule has 1 aromatic heterocycles. The van der Waals surface area contributed by atoms with E-state index in [4.69, 9.17) is 0 Å². The number of carboxylic acids is 1. The molecule has 0 aliphatic rings. The van der Waals surface area contributed by atoms with Gasteiger partial charge >= 0.3 is 5.97 Å². The molecule has 0 fully saturated rings. The van der Waals surface area contributed by atoms with Crippen molar-refractivity contribution in [1.29, 1.82) is 0 Å². The number of carbonyl (C=O) groups is 2. The zero-order valence-corrected chi connectivity index (χ0v) is 12.9. The Morgan fingerprint density at radius 2 is 2.05 bits per heavy atom. The minimum Gasteiger partial charge on any atom is -0.478 e. The lowest BCUT2D eigenvalue weighted by Crippen LogP contribution is -2.28. The predicted octanol–water partition coefficient (Wildman–Crippen LogP) is 2.66. The number of nitrogens with zero attached hydrogens (tertiary/aromatic N) is 2. The Labute approximate surface area is 127 Å². The average molecular weight is 304 g/mol. The number of hydrogen-bond acceptors (Lipinski definition) is 4. The summed E-state index contributed by atoms with van der Waals surface area (Å²) in [5.74, 6) is -1.22. The molecule has 0 saturated heterocycles. The molecule has 1 amide bonds. The minimum absolute atomic E-state index is 0.0973. The summed E-state index contributed by atoms with van der Waals surface area (Å²) in [6.07, 6.45) is 0.230. The van der Waals surface area contributed by atoms with Crippen molar-refractivity contribution in [2.75, 3.05) is 11.9 Å². The van der Waals surface area contributed by atoms with Crippen LogP contribution in [-0.2, 0) is 11.2 Å². The molecular formula is C15H16N2O3S. The molecule has 21 heavy (non-hydrogen) atoms. The number of amides is 1. The highest BCUT2D eigenvalue weighted by Gasteiger charge is 2.23. The van der Waals surface area contributed by atoms with Gasteiger partial charge in [0.05, 0.1) is 12.1 Å². The largest absolute Gasteiger partial charge is 0.478 e. The van der Waals surface area contributed by atoms with Crippen LogP contribution in [0.2, 0.25) is 0 Å². The molecular weight excluding hydrogens is 288 g/mol. The molecule has 0 saturated carbocycles. The van der Waals surface area contributed by atoms with Crippen molar-refractivity contribution in [3.8, 4) is 0 Å². The van der Waals surface area contributed by atoms with Crippen molar-refractivity contribution in [1.82, 2.24) is 4.37 Å². The topological polar surface area (TPSA) is 70.5 Å². The fraction of sp³-hybridized carbons (Fsp3) is 0.267. The van der Waals surface area contributed by atoms with E-state index in [9.17, 15) is 14.7 Å². The number of aromatic nitrogens is 1. The highest BCUT2D eigenvalue weighted by molar-refractivity contribution is 7.11. The molecule has 6 heteroatoms. The van der Waals surface area contributed by atoms with E-state index in [1.807, 2.05) is 31.2 Å². The summed E-state index contributed by atoms with van der Waals surface area (Å²) >= 11 is 1.03. The number of aryl methyl sites for hydroxylation is 2. The third-order valence-corrected chi connectivity index (χ3v) is 4.19. The van der Waals surface area contributed by atoms with Crippen molar-refractivity contribution < 1.29 is 14.7 Å². The van der Waals surface area contributed by atoms with Gasteiger partial charge in [0.15, 0.2) is 0 Å². The maximum atomic E-state index is 12.3. The van der Waals surface area contributed by atoms with Crippen LogP contribution in [-0.4, -0.2) is 28.4 Å². The predicted molar refractivity (Wildman–Crippen MR) is 82.1 cm³/mol. The SMILES string of the molecule is Cc1cccc(CC(=O)N(C)c2snc(C)c2C(=O)O)c1. The van der Waals surface area contributed by atoms with Crippen LogP contribution in [0.25, 0.3) is 0 Å². The highest BCUT2D eigenvalue weighted by Crippen LogP contribution is 2.28. The van der Waals surface area contributed by atoms with Gasteiger partial charge in [-0.1, -0.05) is 29.8 Å². The number of carboxylic acid groups (broad SMARTS) is 1. The van der Waals surface area contributed by atoms with Crippen molar-refractivity contribution in [2.24, 2.45) is 0 Å². The molecule has 0 aliphatic heterocycles. The molecule has 0 unspecified atom stereocenters. The van der Waals surface area contributed by atoms with E-state index in [-0.39, 0.29) is 17.9 Å². The summed E-state index contributed by atoms with van der Waals surface area (Å²) in [7, 11) is 1.58. The van der Waals surface area contributed by atoms with Gasteiger partial charge in [0.2, 0.25) is 5.91 Å². The normalized spacial score (nSPS) is 10.4. The van der Waals surface area contributed by atoms with Gasteiger partial charge in [-0.15, -0.1) is 0 Å². The summed E-state index contributed by atoms with van der Waals surface area (Å²) in [6, 6.07) is 7.70. The van der Waals surface area contributed by atoms with Gasteiger partial charge in [0, 0.05) is 7.05 Å². The number of carbonyl (C=O) groups excluding carboxylic acids is 1. The maximum absolute atomic E-state index is 12.3. The second-order valence-electron chi connectivity index (χ2n) is 4.87. The first-order valence-corrected chi connectivity index (χ1v) is 7.19. The lowest BCUT2D eigenvalue weighted by molar-refractivity contribution is -0.117. The minimum atomic E-state index is -1.06. The van der Waals surface area contributed by atoms with E-state index in [1.54, 1.807) is 14.0 Å². The number of hydrogen-bond donors (Lipinski definition) is 1. The van der Waals surface area contributed by atoms with E-state index in [1.165, 1.54) is 4.90 Å². The lowest BCUT2D eigenvalue weighted by atomic mass is 10.1. The Hall–Kier alpha value is -2.21. The molecule has 0 aliphatic carbocycles. The zero-order valence-electron chi connectivity index (χ0n) is 12.1. The van der Waals surface area contributed by atoms with E-state index in [0.717, 1.165) is 22.7 Å². The Morgan fingerprint density at radius 3 is 2.67 bits per heavy atom. The van der Waals surface area contributed by atoms with Crippen LogP contribution >= 0.6 is 11.5 Å². The summed E-state index contributed by atoms with van der Waals surface area (Å²) in [6.45, 7) is 3.59. The third-order valence-electron chi connectivity index (χ3n) is 3.18. The standard InChI is InChI=1S/C15H16N2O3S/c1-9-5-4-6-11(7-9)8-12(18)17(3)14-13(15(19)20)10(2)16-21-14/h4-7H,8H2,1-3H3,(H,19,20). The Kier molecular flexibility index (Phi) is 4.37. The molecule has 0 atom stereocenters. The molecule has 2 rings (SSSR count). The second-order valence-corrected chi connectivity index (χ2v) is 5.62. The van der Waals surface area contributed by atoms with Crippen LogP contribution in [0, 0.1) is 13.8 Å². The molecule has 0 radical (unpaired) electrons. The summed E-state index contributed by atoms with van der Waals surface area (Å²) in [4.78, 5) is 25.0. The van der Waals surface area contributed by atoms with Crippen molar-refractivity contribution in [2.45, 2.75) is 20.3 Å². The molecule has 0 spiro atoms. The van der Waals surface area contributed by atoms with Gasteiger partial charge in [-0.05, 0) is 30.9 Å². The molecule has 110 valence electrons. The fourth-order valence-corrected chi connectivity index (χ4v) is 2.93. The first-order valence-electron chi connectivity index (χ1n) is 6.42. The molecule has 1 heterocycles. The van der Waals surface area contributed by atoms with Crippen LogP contribution in [0.5, 0.6) is 0 Å². The Morgan fingerprint density at radius 1 is 1.33 bits per heavy atom. The first kappa shape index (κ1) is 15.2. The first-order chi connectivity index (χ1) is 9.90. The number of rotatable bonds is 4. The molecule has 1 aromatic carbocycles. The van der Waals surface area contributed by atoms with Crippen LogP contribution in [0.3, 0.4) is 0 Å². The molecule has 5 nitrogen and oxygen atoms in total. The van der Waals surface area contributed by atoms with Gasteiger partial charge < -0.3 is 10.0 Å².